The topological polar surface area (TPSA) is 93.3 Å². The average Bonchev–Trinajstić information content (AvgIpc) is 2.19. The molecule has 0 aliphatic rings. The fraction of sp³-hybridized carbons (Fsp3) is 0.500. The third kappa shape index (κ3) is 2.74. The van der Waals surface area contributed by atoms with Crippen LogP contribution in [0.4, 0.5) is 11.8 Å². The van der Waals surface area contributed by atoms with Gasteiger partial charge in [0.15, 0.2) is 11.6 Å². The molecule has 1 aromatic heterocycles. The lowest BCUT2D eigenvalue weighted by molar-refractivity contribution is 0.292. The minimum Gasteiger partial charge on any atom is -0.491 e. The van der Waals surface area contributed by atoms with Crippen molar-refractivity contribution in [3.05, 3.63) is 6.20 Å². The SMILES string of the molecule is COc1cnc(N)nc1NCCCO. The van der Waals surface area contributed by atoms with Gasteiger partial charge in [-0.15, -0.1) is 0 Å². The number of nitrogens with two attached hydrogens (primary N) is 1. The van der Waals surface area contributed by atoms with E-state index in [1.165, 1.54) is 13.3 Å². The number of nitrogens with zero attached hydrogens (tertiary/aromatic N) is 2. The van der Waals surface area contributed by atoms with E-state index in [-0.39, 0.29) is 12.6 Å². The minimum absolute atomic E-state index is 0.135. The molecule has 0 aromatic carbocycles. The van der Waals surface area contributed by atoms with Crippen LogP contribution in [-0.2, 0) is 0 Å². The fourth-order valence-electron chi connectivity index (χ4n) is 0.946. The first-order chi connectivity index (χ1) is 6.77. The number of aliphatic hydroxyl groups is 1. The minimum atomic E-state index is 0.135. The van der Waals surface area contributed by atoms with E-state index in [4.69, 9.17) is 15.6 Å². The molecule has 6 nitrogen and oxygen atoms in total. The molecule has 0 aliphatic heterocycles. The zero-order valence-electron chi connectivity index (χ0n) is 8.03. The van der Waals surface area contributed by atoms with E-state index in [0.717, 1.165) is 0 Å². The van der Waals surface area contributed by atoms with Gasteiger partial charge < -0.3 is 20.9 Å². The molecule has 78 valence electrons. The van der Waals surface area contributed by atoms with Gasteiger partial charge in [-0.25, -0.2) is 4.98 Å². The van der Waals surface area contributed by atoms with E-state index in [1.807, 2.05) is 0 Å². The van der Waals surface area contributed by atoms with Crippen molar-refractivity contribution in [3.63, 3.8) is 0 Å². The first-order valence-corrected chi connectivity index (χ1v) is 4.29. The summed E-state index contributed by atoms with van der Waals surface area (Å²) in [5, 5.41) is 11.6. The van der Waals surface area contributed by atoms with Crippen molar-refractivity contribution in [1.82, 2.24) is 9.97 Å². The number of aromatic nitrogens is 2. The van der Waals surface area contributed by atoms with Gasteiger partial charge in [0.2, 0.25) is 5.95 Å². The summed E-state index contributed by atoms with van der Waals surface area (Å²) in [6, 6.07) is 0. The van der Waals surface area contributed by atoms with Gasteiger partial charge in [0.25, 0.3) is 0 Å². The highest BCUT2D eigenvalue weighted by molar-refractivity contribution is 5.50. The molecule has 6 heteroatoms. The Balaban J connectivity index is 2.67. The summed E-state index contributed by atoms with van der Waals surface area (Å²) in [5.74, 6) is 1.28. The zero-order valence-corrected chi connectivity index (χ0v) is 8.03. The molecule has 1 aromatic rings. The Morgan fingerprint density at radius 1 is 1.64 bits per heavy atom. The second-order valence-electron chi connectivity index (χ2n) is 2.65. The van der Waals surface area contributed by atoms with Crippen molar-refractivity contribution in [1.29, 1.82) is 0 Å². The number of anilines is 2. The van der Waals surface area contributed by atoms with E-state index in [0.29, 0.717) is 24.5 Å². The lowest BCUT2D eigenvalue weighted by atomic mass is 10.4. The fourth-order valence-corrected chi connectivity index (χ4v) is 0.946. The lowest BCUT2D eigenvalue weighted by Crippen LogP contribution is -2.08. The number of hydrogen-bond donors (Lipinski definition) is 3. The Labute approximate surface area is 82.1 Å². The maximum absolute atomic E-state index is 8.60. The predicted molar refractivity (Wildman–Crippen MR) is 53.2 cm³/mol. The van der Waals surface area contributed by atoms with E-state index in [2.05, 4.69) is 15.3 Å². The number of ether oxygens (including phenoxy) is 1. The molecule has 1 rings (SSSR count). The van der Waals surface area contributed by atoms with E-state index >= 15 is 0 Å². The number of nitrogens with one attached hydrogen (secondary N) is 1. The Morgan fingerprint density at radius 2 is 2.43 bits per heavy atom. The summed E-state index contributed by atoms with van der Waals surface area (Å²) in [6.45, 7) is 0.749. The van der Waals surface area contributed by atoms with Crippen molar-refractivity contribution in [2.45, 2.75) is 6.42 Å². The summed E-state index contributed by atoms with van der Waals surface area (Å²) in [7, 11) is 1.53. The quantitative estimate of drug-likeness (QED) is 0.570. The monoisotopic (exact) mass is 198 g/mol. The molecule has 14 heavy (non-hydrogen) atoms. The third-order valence-electron chi connectivity index (χ3n) is 1.62. The first-order valence-electron chi connectivity index (χ1n) is 4.29. The number of nitrogen functional groups attached to an aromatic ring is 1. The zero-order chi connectivity index (χ0) is 10.4. The molecular weight excluding hydrogens is 184 g/mol. The summed E-state index contributed by atoms with van der Waals surface area (Å²) in [5.41, 5.74) is 5.42. The molecule has 1 heterocycles. The molecule has 0 saturated heterocycles. The number of methoxy groups -OCH3 is 1. The summed E-state index contributed by atoms with van der Waals surface area (Å²) >= 11 is 0. The Hall–Kier alpha value is -1.56. The molecule has 0 fully saturated rings. The van der Waals surface area contributed by atoms with Crippen LogP contribution < -0.4 is 15.8 Å². The second kappa shape index (κ2) is 5.23. The van der Waals surface area contributed by atoms with Crippen LogP contribution >= 0.6 is 0 Å². The molecule has 0 aliphatic carbocycles. The number of aliphatic hydroxyl groups excluding tert-OH is 1. The van der Waals surface area contributed by atoms with Crippen LogP contribution in [0.15, 0.2) is 6.20 Å². The van der Waals surface area contributed by atoms with Crippen molar-refractivity contribution in [2.24, 2.45) is 0 Å². The van der Waals surface area contributed by atoms with Crippen molar-refractivity contribution in [2.75, 3.05) is 31.3 Å². The van der Waals surface area contributed by atoms with Crippen LogP contribution in [0.3, 0.4) is 0 Å². The first kappa shape index (κ1) is 10.5. The maximum atomic E-state index is 8.60. The second-order valence-corrected chi connectivity index (χ2v) is 2.65. The van der Waals surface area contributed by atoms with Crippen LogP contribution in [0.5, 0.6) is 5.75 Å². The predicted octanol–water partition coefficient (Wildman–Crippen LogP) is -0.138. The molecule has 4 N–H and O–H groups in total. The van der Waals surface area contributed by atoms with Gasteiger partial charge in [-0.3, -0.25) is 0 Å². The molecule has 0 saturated carbocycles. The van der Waals surface area contributed by atoms with Crippen LogP contribution in [0.25, 0.3) is 0 Å². The normalized spacial score (nSPS) is 9.86. The maximum Gasteiger partial charge on any atom is 0.222 e. The molecule has 0 bridgehead atoms. The Kier molecular flexibility index (Phi) is 3.93. The molecule has 0 spiro atoms. The van der Waals surface area contributed by atoms with E-state index in [9.17, 15) is 0 Å². The lowest BCUT2D eigenvalue weighted by Gasteiger charge is -2.08. The van der Waals surface area contributed by atoms with Gasteiger partial charge in [0, 0.05) is 13.2 Å². The van der Waals surface area contributed by atoms with E-state index in [1.54, 1.807) is 0 Å². The van der Waals surface area contributed by atoms with Crippen molar-refractivity contribution in [3.8, 4) is 5.75 Å². The highest BCUT2D eigenvalue weighted by Crippen LogP contribution is 2.20. The molecular formula is C8H14N4O2. The van der Waals surface area contributed by atoms with Crippen LogP contribution in [0.2, 0.25) is 0 Å². The van der Waals surface area contributed by atoms with Crippen LogP contribution in [0, 0.1) is 0 Å². The van der Waals surface area contributed by atoms with Crippen LogP contribution in [-0.4, -0.2) is 35.3 Å². The van der Waals surface area contributed by atoms with Gasteiger partial charge >= 0.3 is 0 Å². The largest absolute Gasteiger partial charge is 0.491 e. The average molecular weight is 198 g/mol. The number of hydrogen-bond acceptors (Lipinski definition) is 6. The van der Waals surface area contributed by atoms with Crippen LogP contribution in [0.1, 0.15) is 6.42 Å². The molecule has 0 radical (unpaired) electrons. The van der Waals surface area contributed by atoms with E-state index < -0.39 is 0 Å². The Bertz CT molecular complexity index is 293. The summed E-state index contributed by atoms with van der Waals surface area (Å²) < 4.78 is 5.03. The van der Waals surface area contributed by atoms with Gasteiger partial charge in [-0.1, -0.05) is 0 Å². The highest BCUT2D eigenvalue weighted by Gasteiger charge is 2.04. The van der Waals surface area contributed by atoms with Crippen molar-refractivity contribution >= 4 is 11.8 Å². The van der Waals surface area contributed by atoms with Gasteiger partial charge in [-0.2, -0.15) is 4.98 Å². The standard InChI is InChI=1S/C8H14N4O2/c1-14-6-5-11-8(9)12-7(6)10-3-2-4-13/h5,13H,2-4H2,1H3,(H3,9,10,11,12). The third-order valence-corrected chi connectivity index (χ3v) is 1.62. The number of rotatable bonds is 5. The van der Waals surface area contributed by atoms with Gasteiger partial charge in [-0.05, 0) is 6.42 Å². The smallest absolute Gasteiger partial charge is 0.222 e. The molecule has 0 amide bonds. The molecule has 0 unspecified atom stereocenters. The van der Waals surface area contributed by atoms with Gasteiger partial charge in [0.05, 0.1) is 13.3 Å². The molecule has 0 atom stereocenters. The van der Waals surface area contributed by atoms with Gasteiger partial charge in [0.1, 0.15) is 0 Å². The van der Waals surface area contributed by atoms with Crippen molar-refractivity contribution < 1.29 is 9.84 Å². The highest BCUT2D eigenvalue weighted by atomic mass is 16.5. The Morgan fingerprint density at radius 3 is 3.07 bits per heavy atom. The summed E-state index contributed by atoms with van der Waals surface area (Å²) in [4.78, 5) is 7.76. The summed E-state index contributed by atoms with van der Waals surface area (Å²) in [6.07, 6.45) is 2.15.